The molecule has 4 aromatic rings. The Balaban J connectivity index is 1.51. The van der Waals surface area contributed by atoms with Crippen LogP contribution in [-0.4, -0.2) is 22.0 Å². The SMILES string of the molecule is O=C(NCCc1nc2ccccc2n1Cc1ccccc1)c1ccc(Cl)cc1. The molecule has 1 N–H and O–H groups in total. The fourth-order valence-electron chi connectivity index (χ4n) is 3.25. The molecule has 1 aromatic heterocycles. The Bertz CT molecular complexity index is 1090. The third-order valence-electron chi connectivity index (χ3n) is 4.66. The van der Waals surface area contributed by atoms with E-state index in [2.05, 4.69) is 28.1 Å². The summed E-state index contributed by atoms with van der Waals surface area (Å²) in [5, 5.41) is 3.58. The highest BCUT2D eigenvalue weighted by Gasteiger charge is 2.12. The number of carbonyl (C=O) groups excluding carboxylic acids is 1. The largest absolute Gasteiger partial charge is 0.352 e. The molecule has 0 saturated carbocycles. The number of nitrogens with one attached hydrogen (secondary N) is 1. The molecule has 1 amide bonds. The molecule has 0 unspecified atom stereocenters. The van der Waals surface area contributed by atoms with E-state index in [1.165, 1.54) is 5.56 Å². The van der Waals surface area contributed by atoms with Crippen LogP contribution in [0, 0.1) is 0 Å². The Labute approximate surface area is 168 Å². The van der Waals surface area contributed by atoms with Crippen LogP contribution >= 0.6 is 11.6 Å². The third kappa shape index (κ3) is 4.07. The molecule has 0 aliphatic rings. The number of halogens is 1. The summed E-state index contributed by atoms with van der Waals surface area (Å²) in [4.78, 5) is 17.1. The van der Waals surface area contributed by atoms with E-state index in [1.54, 1.807) is 24.3 Å². The van der Waals surface area contributed by atoms with Crippen molar-refractivity contribution in [1.29, 1.82) is 0 Å². The van der Waals surface area contributed by atoms with Crippen LogP contribution in [0.2, 0.25) is 5.02 Å². The van der Waals surface area contributed by atoms with Crippen molar-refractivity contribution in [1.82, 2.24) is 14.9 Å². The number of imidazole rings is 1. The highest BCUT2D eigenvalue weighted by Crippen LogP contribution is 2.18. The Hall–Kier alpha value is -3.11. The average molecular weight is 390 g/mol. The Morgan fingerprint density at radius 2 is 1.64 bits per heavy atom. The highest BCUT2D eigenvalue weighted by molar-refractivity contribution is 6.30. The summed E-state index contributed by atoms with van der Waals surface area (Å²) in [6, 6.07) is 25.3. The molecule has 0 spiro atoms. The van der Waals surface area contributed by atoms with Crippen LogP contribution in [0.4, 0.5) is 0 Å². The number of rotatable bonds is 6. The molecule has 0 aliphatic heterocycles. The smallest absolute Gasteiger partial charge is 0.251 e. The normalized spacial score (nSPS) is 10.9. The van der Waals surface area contributed by atoms with Crippen LogP contribution in [0.25, 0.3) is 11.0 Å². The van der Waals surface area contributed by atoms with Gasteiger partial charge in [0.05, 0.1) is 11.0 Å². The van der Waals surface area contributed by atoms with Crippen LogP contribution in [0.3, 0.4) is 0 Å². The van der Waals surface area contributed by atoms with E-state index in [0.717, 1.165) is 23.4 Å². The lowest BCUT2D eigenvalue weighted by molar-refractivity contribution is 0.0954. The minimum atomic E-state index is -0.109. The molecular weight excluding hydrogens is 370 g/mol. The molecule has 0 atom stereocenters. The fraction of sp³-hybridized carbons (Fsp3) is 0.130. The van der Waals surface area contributed by atoms with Crippen molar-refractivity contribution < 1.29 is 4.79 Å². The van der Waals surface area contributed by atoms with Crippen molar-refractivity contribution >= 4 is 28.5 Å². The second kappa shape index (κ2) is 8.28. The zero-order chi connectivity index (χ0) is 19.3. The van der Waals surface area contributed by atoms with Gasteiger partial charge in [0, 0.05) is 30.1 Å². The molecule has 0 radical (unpaired) electrons. The maximum absolute atomic E-state index is 12.3. The maximum Gasteiger partial charge on any atom is 0.251 e. The molecule has 140 valence electrons. The molecule has 5 heteroatoms. The minimum Gasteiger partial charge on any atom is -0.352 e. The van der Waals surface area contributed by atoms with Gasteiger partial charge in [-0.3, -0.25) is 4.79 Å². The summed E-state index contributed by atoms with van der Waals surface area (Å²) in [5.41, 5.74) is 3.89. The lowest BCUT2D eigenvalue weighted by Gasteiger charge is -2.10. The number of hydrogen-bond donors (Lipinski definition) is 1. The van der Waals surface area contributed by atoms with Gasteiger partial charge in [0.25, 0.3) is 5.91 Å². The fourth-order valence-corrected chi connectivity index (χ4v) is 3.38. The third-order valence-corrected chi connectivity index (χ3v) is 4.91. The van der Waals surface area contributed by atoms with E-state index >= 15 is 0 Å². The molecule has 0 bridgehead atoms. The van der Waals surface area contributed by atoms with Crippen molar-refractivity contribution in [2.45, 2.75) is 13.0 Å². The summed E-state index contributed by atoms with van der Waals surface area (Å²) >= 11 is 5.88. The van der Waals surface area contributed by atoms with Crippen molar-refractivity contribution in [3.05, 3.63) is 101 Å². The average Bonchev–Trinajstić information content (AvgIpc) is 3.07. The van der Waals surface area contributed by atoms with E-state index in [-0.39, 0.29) is 5.91 Å². The summed E-state index contributed by atoms with van der Waals surface area (Å²) in [7, 11) is 0. The molecule has 0 fully saturated rings. The zero-order valence-corrected chi connectivity index (χ0v) is 16.1. The molecular formula is C23H20ClN3O. The number of carbonyl (C=O) groups is 1. The van der Waals surface area contributed by atoms with Crippen LogP contribution in [0.1, 0.15) is 21.7 Å². The van der Waals surface area contributed by atoms with Crippen molar-refractivity contribution in [3.8, 4) is 0 Å². The number of aromatic nitrogens is 2. The molecule has 28 heavy (non-hydrogen) atoms. The van der Waals surface area contributed by atoms with E-state index < -0.39 is 0 Å². The Morgan fingerprint density at radius 1 is 0.929 bits per heavy atom. The summed E-state index contributed by atoms with van der Waals surface area (Å²) < 4.78 is 2.22. The Morgan fingerprint density at radius 3 is 2.43 bits per heavy atom. The first-order valence-electron chi connectivity index (χ1n) is 9.22. The summed E-state index contributed by atoms with van der Waals surface area (Å²) in [6.07, 6.45) is 0.654. The highest BCUT2D eigenvalue weighted by atomic mass is 35.5. The second-order valence-electron chi connectivity index (χ2n) is 6.60. The molecule has 3 aromatic carbocycles. The van der Waals surface area contributed by atoms with Crippen molar-refractivity contribution in [2.75, 3.05) is 6.54 Å². The van der Waals surface area contributed by atoms with Gasteiger partial charge in [0.1, 0.15) is 5.82 Å². The van der Waals surface area contributed by atoms with Gasteiger partial charge in [0.15, 0.2) is 0 Å². The van der Waals surface area contributed by atoms with Gasteiger partial charge in [-0.15, -0.1) is 0 Å². The Kier molecular flexibility index (Phi) is 5.40. The number of fused-ring (bicyclic) bond motifs is 1. The van der Waals surface area contributed by atoms with Gasteiger partial charge in [-0.2, -0.15) is 0 Å². The molecule has 0 saturated heterocycles. The topological polar surface area (TPSA) is 46.9 Å². The van der Waals surface area contributed by atoms with E-state index in [4.69, 9.17) is 16.6 Å². The number of nitrogens with zero attached hydrogens (tertiary/aromatic N) is 2. The number of amides is 1. The van der Waals surface area contributed by atoms with Gasteiger partial charge < -0.3 is 9.88 Å². The standard InChI is InChI=1S/C23H20ClN3O/c24-19-12-10-18(11-13-19)23(28)25-15-14-22-26-20-8-4-5-9-21(20)27(22)16-17-6-2-1-3-7-17/h1-13H,14-16H2,(H,25,28). The first-order valence-corrected chi connectivity index (χ1v) is 9.60. The van der Waals surface area contributed by atoms with Crippen LogP contribution in [0.5, 0.6) is 0 Å². The van der Waals surface area contributed by atoms with Crippen molar-refractivity contribution in [2.24, 2.45) is 0 Å². The van der Waals surface area contributed by atoms with Crippen LogP contribution < -0.4 is 5.32 Å². The monoisotopic (exact) mass is 389 g/mol. The van der Waals surface area contributed by atoms with E-state index in [0.29, 0.717) is 23.6 Å². The molecule has 4 rings (SSSR count). The zero-order valence-electron chi connectivity index (χ0n) is 15.3. The predicted molar refractivity (Wildman–Crippen MR) is 113 cm³/mol. The number of para-hydroxylation sites is 2. The summed E-state index contributed by atoms with van der Waals surface area (Å²) in [6.45, 7) is 1.27. The van der Waals surface area contributed by atoms with Gasteiger partial charge in [-0.25, -0.2) is 4.98 Å². The predicted octanol–water partition coefficient (Wildman–Crippen LogP) is 4.71. The van der Waals surface area contributed by atoms with Gasteiger partial charge in [0.2, 0.25) is 0 Å². The quantitative estimate of drug-likeness (QED) is 0.519. The number of benzene rings is 3. The maximum atomic E-state index is 12.3. The van der Waals surface area contributed by atoms with E-state index in [1.807, 2.05) is 36.4 Å². The van der Waals surface area contributed by atoms with Crippen LogP contribution in [-0.2, 0) is 13.0 Å². The lowest BCUT2D eigenvalue weighted by Crippen LogP contribution is -2.26. The summed E-state index contributed by atoms with van der Waals surface area (Å²) in [5.74, 6) is 0.851. The van der Waals surface area contributed by atoms with Gasteiger partial charge in [-0.1, -0.05) is 54.1 Å². The second-order valence-corrected chi connectivity index (χ2v) is 7.04. The molecule has 1 heterocycles. The molecule has 4 nitrogen and oxygen atoms in total. The first kappa shape index (κ1) is 18.3. The molecule has 0 aliphatic carbocycles. The van der Waals surface area contributed by atoms with Gasteiger partial charge >= 0.3 is 0 Å². The first-order chi connectivity index (χ1) is 13.7. The number of hydrogen-bond acceptors (Lipinski definition) is 2. The minimum absolute atomic E-state index is 0.109. The van der Waals surface area contributed by atoms with Crippen molar-refractivity contribution in [3.63, 3.8) is 0 Å². The van der Waals surface area contributed by atoms with Gasteiger partial charge in [-0.05, 0) is 42.0 Å². The lowest BCUT2D eigenvalue weighted by atomic mass is 10.2. The van der Waals surface area contributed by atoms with E-state index in [9.17, 15) is 4.79 Å². The van der Waals surface area contributed by atoms with Crippen LogP contribution in [0.15, 0.2) is 78.9 Å².